The Labute approximate surface area is 181 Å². The maximum Gasteiger partial charge on any atom is 0.305 e. The SMILES string of the molecule is CCCCC1(OC(C)=O)CCC2C3CCC(=O)C3(C)CCC2C1(C)CCC(=O)OC. The van der Waals surface area contributed by atoms with Crippen LogP contribution in [-0.4, -0.2) is 30.4 Å². The highest BCUT2D eigenvalue weighted by Gasteiger charge is 2.64. The number of fused-ring (bicyclic) bond motifs is 3. The van der Waals surface area contributed by atoms with Gasteiger partial charge in [0.05, 0.1) is 7.11 Å². The van der Waals surface area contributed by atoms with Crippen molar-refractivity contribution in [2.24, 2.45) is 28.6 Å². The molecule has 0 radical (unpaired) electrons. The molecular weight excluding hydrogens is 380 g/mol. The fourth-order valence-electron chi connectivity index (χ4n) is 7.52. The minimum absolute atomic E-state index is 0.185. The Bertz CT molecular complexity index is 687. The molecule has 0 bridgehead atoms. The number of methoxy groups -OCH3 is 1. The predicted octanol–water partition coefficient (Wildman–Crippen LogP) is 5.24. The van der Waals surface area contributed by atoms with Gasteiger partial charge in [-0.2, -0.15) is 0 Å². The highest BCUT2D eigenvalue weighted by molar-refractivity contribution is 5.87. The summed E-state index contributed by atoms with van der Waals surface area (Å²) in [4.78, 5) is 37.1. The van der Waals surface area contributed by atoms with Crippen LogP contribution in [0.1, 0.15) is 98.3 Å². The molecule has 3 rings (SSSR count). The number of hydrogen-bond donors (Lipinski definition) is 0. The molecule has 5 nitrogen and oxygen atoms in total. The number of rotatable bonds is 7. The first kappa shape index (κ1) is 23.3. The van der Waals surface area contributed by atoms with Crippen LogP contribution in [0.4, 0.5) is 0 Å². The van der Waals surface area contributed by atoms with Gasteiger partial charge < -0.3 is 9.47 Å². The summed E-state index contributed by atoms with van der Waals surface area (Å²) in [5.74, 6) is 1.24. The molecule has 0 amide bonds. The number of hydrogen-bond acceptors (Lipinski definition) is 5. The minimum Gasteiger partial charge on any atom is -0.469 e. The molecule has 30 heavy (non-hydrogen) atoms. The lowest BCUT2D eigenvalue weighted by Gasteiger charge is -2.62. The Balaban J connectivity index is 2.00. The third kappa shape index (κ3) is 3.71. The monoisotopic (exact) mass is 420 g/mol. The fourth-order valence-corrected chi connectivity index (χ4v) is 7.52. The summed E-state index contributed by atoms with van der Waals surface area (Å²) in [7, 11) is 1.43. The van der Waals surface area contributed by atoms with Crippen molar-refractivity contribution in [3.63, 3.8) is 0 Å². The van der Waals surface area contributed by atoms with Gasteiger partial charge in [-0.3, -0.25) is 14.4 Å². The van der Waals surface area contributed by atoms with Gasteiger partial charge in [0, 0.05) is 30.6 Å². The number of ketones is 1. The van der Waals surface area contributed by atoms with Crippen LogP contribution in [0.5, 0.6) is 0 Å². The van der Waals surface area contributed by atoms with Gasteiger partial charge in [0.1, 0.15) is 11.4 Å². The quantitative estimate of drug-likeness (QED) is 0.527. The van der Waals surface area contributed by atoms with Crippen LogP contribution < -0.4 is 0 Å². The van der Waals surface area contributed by atoms with E-state index in [0.29, 0.717) is 42.8 Å². The molecule has 3 fully saturated rings. The molecule has 3 aliphatic carbocycles. The minimum atomic E-state index is -0.541. The first-order chi connectivity index (χ1) is 14.1. The third-order valence-corrected chi connectivity index (χ3v) is 9.24. The lowest BCUT2D eigenvalue weighted by molar-refractivity contribution is -0.217. The maximum atomic E-state index is 12.7. The molecule has 0 aromatic carbocycles. The lowest BCUT2D eigenvalue weighted by Crippen LogP contribution is -2.61. The second kappa shape index (κ2) is 8.63. The first-order valence-electron chi connectivity index (χ1n) is 11.9. The Hall–Kier alpha value is -1.39. The fraction of sp³-hybridized carbons (Fsp3) is 0.880. The van der Waals surface area contributed by atoms with Crippen LogP contribution in [0.25, 0.3) is 0 Å². The van der Waals surface area contributed by atoms with Gasteiger partial charge in [-0.05, 0) is 69.1 Å². The predicted molar refractivity (Wildman–Crippen MR) is 115 cm³/mol. The summed E-state index contributed by atoms with van der Waals surface area (Å²) in [5, 5.41) is 0. The van der Waals surface area contributed by atoms with Crippen LogP contribution >= 0.6 is 0 Å². The van der Waals surface area contributed by atoms with E-state index in [0.717, 1.165) is 51.4 Å². The average molecular weight is 421 g/mol. The third-order valence-electron chi connectivity index (χ3n) is 9.24. The highest BCUT2D eigenvalue weighted by atomic mass is 16.6. The Morgan fingerprint density at radius 2 is 1.80 bits per heavy atom. The molecule has 0 N–H and O–H groups in total. The summed E-state index contributed by atoms with van der Waals surface area (Å²) in [6.45, 7) is 8.11. The van der Waals surface area contributed by atoms with Crippen molar-refractivity contribution < 1.29 is 23.9 Å². The van der Waals surface area contributed by atoms with E-state index >= 15 is 0 Å². The van der Waals surface area contributed by atoms with E-state index in [1.807, 2.05) is 0 Å². The molecule has 3 aliphatic rings. The summed E-state index contributed by atoms with van der Waals surface area (Å²) in [6.07, 6.45) is 9.28. The normalized spacial score (nSPS) is 40.4. The number of carbonyl (C=O) groups is 3. The number of esters is 2. The zero-order chi connectivity index (χ0) is 22.2. The average Bonchev–Trinajstić information content (AvgIpc) is 3.01. The molecule has 6 unspecified atom stereocenters. The number of carbonyl (C=O) groups excluding carboxylic acids is 3. The lowest BCUT2D eigenvalue weighted by atomic mass is 9.45. The van der Waals surface area contributed by atoms with Gasteiger partial charge in [0.15, 0.2) is 0 Å². The van der Waals surface area contributed by atoms with Crippen molar-refractivity contribution in [1.82, 2.24) is 0 Å². The van der Waals surface area contributed by atoms with Crippen molar-refractivity contribution in [3.05, 3.63) is 0 Å². The first-order valence-corrected chi connectivity index (χ1v) is 11.9. The van der Waals surface area contributed by atoms with E-state index < -0.39 is 5.60 Å². The molecule has 0 aromatic rings. The van der Waals surface area contributed by atoms with Gasteiger partial charge in [0.2, 0.25) is 0 Å². The molecule has 6 atom stereocenters. The summed E-state index contributed by atoms with van der Waals surface area (Å²) < 4.78 is 11.2. The molecule has 3 saturated carbocycles. The summed E-state index contributed by atoms with van der Waals surface area (Å²) in [6, 6.07) is 0. The zero-order valence-electron chi connectivity index (χ0n) is 19.6. The molecule has 0 heterocycles. The van der Waals surface area contributed by atoms with Crippen molar-refractivity contribution in [2.75, 3.05) is 7.11 Å². The number of unbranched alkanes of at least 4 members (excludes halogenated alkanes) is 1. The van der Waals surface area contributed by atoms with Crippen LogP contribution in [0, 0.1) is 28.6 Å². The van der Waals surface area contributed by atoms with E-state index in [9.17, 15) is 14.4 Å². The van der Waals surface area contributed by atoms with Crippen molar-refractivity contribution in [1.29, 1.82) is 0 Å². The van der Waals surface area contributed by atoms with Crippen molar-refractivity contribution in [3.8, 4) is 0 Å². The summed E-state index contributed by atoms with van der Waals surface area (Å²) in [5.41, 5.74) is -1.02. The van der Waals surface area contributed by atoms with E-state index in [-0.39, 0.29) is 22.8 Å². The van der Waals surface area contributed by atoms with E-state index in [4.69, 9.17) is 9.47 Å². The second-order valence-electron chi connectivity index (χ2n) is 10.5. The van der Waals surface area contributed by atoms with E-state index in [1.165, 1.54) is 14.0 Å². The van der Waals surface area contributed by atoms with E-state index in [1.54, 1.807) is 0 Å². The summed E-state index contributed by atoms with van der Waals surface area (Å²) >= 11 is 0. The van der Waals surface area contributed by atoms with Crippen LogP contribution in [0.3, 0.4) is 0 Å². The largest absolute Gasteiger partial charge is 0.469 e. The van der Waals surface area contributed by atoms with Crippen LogP contribution in [-0.2, 0) is 23.9 Å². The van der Waals surface area contributed by atoms with Gasteiger partial charge >= 0.3 is 11.9 Å². The van der Waals surface area contributed by atoms with Crippen LogP contribution in [0.2, 0.25) is 0 Å². The molecule has 0 spiro atoms. The Kier molecular flexibility index (Phi) is 6.69. The van der Waals surface area contributed by atoms with Gasteiger partial charge in [-0.1, -0.05) is 27.2 Å². The van der Waals surface area contributed by atoms with E-state index in [2.05, 4.69) is 20.8 Å². The molecule has 0 aliphatic heterocycles. The van der Waals surface area contributed by atoms with Crippen LogP contribution in [0.15, 0.2) is 0 Å². The van der Waals surface area contributed by atoms with Crippen molar-refractivity contribution in [2.45, 2.75) is 104 Å². The van der Waals surface area contributed by atoms with Gasteiger partial charge in [0.25, 0.3) is 0 Å². The van der Waals surface area contributed by atoms with Crippen molar-refractivity contribution >= 4 is 17.7 Å². The maximum absolute atomic E-state index is 12.7. The number of Topliss-reactive ketones (excluding diaryl/α,β-unsaturated/α-hetero) is 1. The molecule has 5 heteroatoms. The molecular formula is C25H40O5. The second-order valence-corrected chi connectivity index (χ2v) is 10.5. The van der Waals surface area contributed by atoms with Gasteiger partial charge in [-0.15, -0.1) is 0 Å². The Morgan fingerprint density at radius 3 is 2.43 bits per heavy atom. The standard InChI is InChI=1S/C25H40O5/c1-6-7-13-25(30-17(2)26)16-10-18-19-8-9-21(27)23(19,3)14-11-20(18)24(25,4)15-12-22(28)29-5/h18-20H,6-16H2,1-5H3. The zero-order valence-corrected chi connectivity index (χ0v) is 19.6. The Morgan fingerprint density at radius 1 is 1.07 bits per heavy atom. The topological polar surface area (TPSA) is 69.7 Å². The smallest absolute Gasteiger partial charge is 0.305 e. The molecule has 0 aromatic heterocycles. The van der Waals surface area contributed by atoms with Gasteiger partial charge in [-0.25, -0.2) is 0 Å². The highest BCUT2D eigenvalue weighted by Crippen LogP contribution is 2.66. The molecule has 170 valence electrons. The molecule has 0 saturated heterocycles. The number of ether oxygens (including phenoxy) is 2.